The molecule has 0 spiro atoms. The van der Waals surface area contributed by atoms with Crippen LogP contribution in [0.2, 0.25) is 0 Å². The van der Waals surface area contributed by atoms with E-state index >= 15 is 0 Å². The minimum Gasteiger partial charge on any atom is -0.338 e. The zero-order valence-corrected chi connectivity index (χ0v) is 15.6. The van der Waals surface area contributed by atoms with Gasteiger partial charge >= 0.3 is 0 Å². The van der Waals surface area contributed by atoms with Crippen molar-refractivity contribution in [2.45, 2.75) is 32.1 Å². The van der Waals surface area contributed by atoms with Crippen LogP contribution in [0.5, 0.6) is 0 Å². The summed E-state index contributed by atoms with van der Waals surface area (Å²) in [7, 11) is 0. The number of benzene rings is 1. The Bertz CT molecular complexity index is 870. The molecule has 2 heterocycles. The molecule has 1 fully saturated rings. The van der Waals surface area contributed by atoms with Gasteiger partial charge in [-0.2, -0.15) is 0 Å². The lowest BCUT2D eigenvalue weighted by atomic mass is 9.87. The lowest BCUT2D eigenvalue weighted by Crippen LogP contribution is -2.27. The van der Waals surface area contributed by atoms with Crippen molar-refractivity contribution in [3.8, 4) is 0 Å². The molecular weight excluding hydrogens is 370 g/mol. The Hall–Kier alpha value is -2.28. The molecule has 0 unspecified atom stereocenters. The summed E-state index contributed by atoms with van der Waals surface area (Å²) in [6.07, 6.45) is 4.06. The Morgan fingerprint density at radius 1 is 1.07 bits per heavy atom. The number of anilines is 1. The molecule has 2 amide bonds. The maximum Gasteiger partial charge on any atom is 0.263 e. The van der Waals surface area contributed by atoms with Gasteiger partial charge in [0, 0.05) is 35.6 Å². The molecule has 1 aliphatic heterocycles. The third kappa shape index (κ3) is 3.88. The fourth-order valence-electron chi connectivity index (χ4n) is 3.80. The summed E-state index contributed by atoms with van der Waals surface area (Å²) < 4.78 is 26.6. The lowest BCUT2D eigenvalue weighted by molar-refractivity contribution is -0.120. The first-order valence-electron chi connectivity index (χ1n) is 9.17. The highest BCUT2D eigenvalue weighted by Gasteiger charge is 2.29. The van der Waals surface area contributed by atoms with E-state index in [9.17, 15) is 18.4 Å². The van der Waals surface area contributed by atoms with Crippen LogP contribution >= 0.6 is 11.3 Å². The SMILES string of the molecule is O=C(Nc1cc(F)cc(F)c1)[C@H]1CCc2sc(C(=O)N3CCCC3)cc2C1. The van der Waals surface area contributed by atoms with Crippen LogP contribution in [0.3, 0.4) is 0 Å². The molecule has 1 atom stereocenters. The van der Waals surface area contributed by atoms with Crippen LogP contribution in [0.15, 0.2) is 24.3 Å². The second kappa shape index (κ2) is 7.38. The number of hydrogen-bond donors (Lipinski definition) is 1. The number of carbonyl (C=O) groups is 2. The third-order valence-corrected chi connectivity index (χ3v) is 6.41. The van der Waals surface area contributed by atoms with Crippen molar-refractivity contribution in [2.75, 3.05) is 18.4 Å². The number of hydrogen-bond acceptors (Lipinski definition) is 3. The topological polar surface area (TPSA) is 49.4 Å². The first kappa shape index (κ1) is 18.1. The highest BCUT2D eigenvalue weighted by Crippen LogP contribution is 2.34. The molecule has 142 valence electrons. The second-order valence-electron chi connectivity index (χ2n) is 7.15. The highest BCUT2D eigenvalue weighted by molar-refractivity contribution is 7.14. The van der Waals surface area contributed by atoms with Crippen molar-refractivity contribution in [1.29, 1.82) is 0 Å². The lowest BCUT2D eigenvalue weighted by Gasteiger charge is -2.21. The molecule has 2 aliphatic rings. The molecule has 4 rings (SSSR count). The van der Waals surface area contributed by atoms with E-state index in [1.165, 1.54) is 16.2 Å². The fourth-order valence-corrected chi connectivity index (χ4v) is 4.98. The van der Waals surface area contributed by atoms with Crippen LogP contribution in [-0.4, -0.2) is 29.8 Å². The predicted molar refractivity (Wildman–Crippen MR) is 100.0 cm³/mol. The average Bonchev–Trinajstić information content (AvgIpc) is 3.29. The number of likely N-dealkylation sites (tertiary alicyclic amines) is 1. The summed E-state index contributed by atoms with van der Waals surface area (Å²) in [4.78, 5) is 28.9. The summed E-state index contributed by atoms with van der Waals surface area (Å²) in [5, 5.41) is 2.61. The third-order valence-electron chi connectivity index (χ3n) is 5.19. The number of amides is 2. The van der Waals surface area contributed by atoms with Gasteiger partial charge in [-0.25, -0.2) is 8.78 Å². The number of aryl methyl sites for hydroxylation is 1. The van der Waals surface area contributed by atoms with Crippen molar-refractivity contribution in [1.82, 2.24) is 4.90 Å². The van der Waals surface area contributed by atoms with Gasteiger partial charge in [0.25, 0.3) is 5.91 Å². The highest BCUT2D eigenvalue weighted by atomic mass is 32.1. The second-order valence-corrected chi connectivity index (χ2v) is 8.28. The van der Waals surface area contributed by atoms with Gasteiger partial charge in [-0.1, -0.05) is 0 Å². The van der Waals surface area contributed by atoms with Crippen molar-refractivity contribution in [3.63, 3.8) is 0 Å². The minimum atomic E-state index is -0.723. The molecule has 1 aliphatic carbocycles. The van der Waals surface area contributed by atoms with Crippen LogP contribution in [0.25, 0.3) is 0 Å². The largest absolute Gasteiger partial charge is 0.338 e. The Balaban J connectivity index is 1.44. The Morgan fingerprint density at radius 2 is 1.78 bits per heavy atom. The van der Waals surface area contributed by atoms with E-state index in [0.717, 1.165) is 61.0 Å². The van der Waals surface area contributed by atoms with Gasteiger partial charge in [0.15, 0.2) is 0 Å². The van der Waals surface area contributed by atoms with Crippen LogP contribution < -0.4 is 5.32 Å². The summed E-state index contributed by atoms with van der Waals surface area (Å²) in [5.41, 5.74) is 1.16. The quantitative estimate of drug-likeness (QED) is 0.861. The van der Waals surface area contributed by atoms with E-state index in [0.29, 0.717) is 12.8 Å². The summed E-state index contributed by atoms with van der Waals surface area (Å²) >= 11 is 1.53. The Labute approximate surface area is 160 Å². The molecule has 4 nitrogen and oxygen atoms in total. The van der Waals surface area contributed by atoms with Gasteiger partial charge in [-0.3, -0.25) is 9.59 Å². The molecule has 1 N–H and O–H groups in total. The Kier molecular flexibility index (Phi) is 4.95. The van der Waals surface area contributed by atoms with Gasteiger partial charge in [-0.15, -0.1) is 11.3 Å². The normalized spacial score (nSPS) is 19.0. The number of nitrogens with one attached hydrogen (secondary N) is 1. The zero-order valence-electron chi connectivity index (χ0n) is 14.8. The molecular formula is C20H20F2N2O2S. The van der Waals surface area contributed by atoms with E-state index in [1.807, 2.05) is 11.0 Å². The van der Waals surface area contributed by atoms with Crippen molar-refractivity contribution in [2.24, 2.45) is 5.92 Å². The molecule has 2 aromatic rings. The molecule has 27 heavy (non-hydrogen) atoms. The summed E-state index contributed by atoms with van der Waals surface area (Å²) in [6, 6.07) is 4.90. The molecule has 1 saturated heterocycles. The number of thiophene rings is 1. The first-order valence-corrected chi connectivity index (χ1v) is 9.99. The number of fused-ring (bicyclic) bond motifs is 1. The van der Waals surface area contributed by atoms with Gasteiger partial charge < -0.3 is 10.2 Å². The van der Waals surface area contributed by atoms with Gasteiger partial charge in [-0.05, 0) is 55.9 Å². The van der Waals surface area contributed by atoms with E-state index < -0.39 is 11.6 Å². The van der Waals surface area contributed by atoms with Crippen molar-refractivity contribution in [3.05, 3.63) is 51.2 Å². The standard InChI is InChI=1S/C20H20F2N2O2S/c21-14-9-15(22)11-16(10-14)23-19(25)12-3-4-17-13(7-12)8-18(27-17)20(26)24-5-1-2-6-24/h8-12H,1-7H2,(H,23,25)/t12-/m0/s1. The molecule has 1 aromatic heterocycles. The van der Waals surface area contributed by atoms with Crippen LogP contribution in [0.1, 0.15) is 39.4 Å². The first-order chi connectivity index (χ1) is 13.0. The molecule has 0 bridgehead atoms. The van der Waals surface area contributed by atoms with E-state index in [4.69, 9.17) is 0 Å². The van der Waals surface area contributed by atoms with Gasteiger partial charge in [0.1, 0.15) is 11.6 Å². The van der Waals surface area contributed by atoms with E-state index in [1.54, 1.807) is 0 Å². The molecule has 1 aromatic carbocycles. The van der Waals surface area contributed by atoms with Crippen LogP contribution in [-0.2, 0) is 17.6 Å². The minimum absolute atomic E-state index is 0.0862. The fraction of sp³-hybridized carbons (Fsp3) is 0.400. The number of halogens is 2. The molecule has 0 radical (unpaired) electrons. The number of rotatable bonds is 3. The van der Waals surface area contributed by atoms with Crippen LogP contribution in [0.4, 0.5) is 14.5 Å². The molecule has 0 saturated carbocycles. The number of nitrogens with zero attached hydrogens (tertiary/aromatic N) is 1. The maximum absolute atomic E-state index is 13.3. The number of carbonyl (C=O) groups excluding carboxylic acids is 2. The smallest absolute Gasteiger partial charge is 0.263 e. The average molecular weight is 390 g/mol. The molecule has 7 heteroatoms. The van der Waals surface area contributed by atoms with Crippen LogP contribution in [0, 0.1) is 17.6 Å². The summed E-state index contributed by atoms with van der Waals surface area (Å²) in [5.74, 6) is -1.88. The maximum atomic E-state index is 13.3. The Morgan fingerprint density at radius 3 is 2.48 bits per heavy atom. The van der Waals surface area contributed by atoms with Crippen molar-refractivity contribution < 1.29 is 18.4 Å². The van der Waals surface area contributed by atoms with E-state index in [2.05, 4.69) is 5.32 Å². The van der Waals surface area contributed by atoms with Gasteiger partial charge in [0.05, 0.1) is 4.88 Å². The van der Waals surface area contributed by atoms with E-state index in [-0.39, 0.29) is 23.4 Å². The predicted octanol–water partition coefficient (Wildman–Crippen LogP) is 4.01. The summed E-state index contributed by atoms with van der Waals surface area (Å²) in [6.45, 7) is 1.63. The van der Waals surface area contributed by atoms with Gasteiger partial charge in [0.2, 0.25) is 5.91 Å². The van der Waals surface area contributed by atoms with Crippen molar-refractivity contribution >= 4 is 28.8 Å². The zero-order chi connectivity index (χ0) is 19.0. The monoisotopic (exact) mass is 390 g/mol.